The third-order valence-electron chi connectivity index (χ3n) is 2.23. The molecule has 2 aromatic rings. The molecular formula is C11H16N4OS. The lowest BCUT2D eigenvalue weighted by Gasteiger charge is -2.01. The van der Waals surface area contributed by atoms with Crippen LogP contribution in [0.4, 0.5) is 0 Å². The molecule has 0 spiro atoms. The summed E-state index contributed by atoms with van der Waals surface area (Å²) < 4.78 is 7.36. The van der Waals surface area contributed by atoms with Crippen molar-refractivity contribution < 1.29 is 4.74 Å². The molecule has 2 aromatic heterocycles. The number of nitrogens with zero attached hydrogens (tertiary/aromatic N) is 3. The van der Waals surface area contributed by atoms with Crippen molar-refractivity contribution in [2.45, 2.75) is 19.7 Å². The second-order valence-electron chi connectivity index (χ2n) is 3.64. The monoisotopic (exact) mass is 252 g/mol. The largest absolute Gasteiger partial charge is 0.374 e. The van der Waals surface area contributed by atoms with Gasteiger partial charge < -0.3 is 10.1 Å². The predicted octanol–water partition coefficient (Wildman–Crippen LogP) is 1.28. The molecule has 0 aliphatic heterocycles. The third-order valence-corrected chi connectivity index (χ3v) is 3.08. The van der Waals surface area contributed by atoms with Crippen LogP contribution in [0, 0.1) is 0 Å². The summed E-state index contributed by atoms with van der Waals surface area (Å²) in [7, 11) is 1.89. The highest BCUT2D eigenvalue weighted by Crippen LogP contribution is 2.09. The molecule has 0 bridgehead atoms. The van der Waals surface area contributed by atoms with Crippen LogP contribution in [-0.2, 0) is 24.4 Å². The second-order valence-corrected chi connectivity index (χ2v) is 4.67. The zero-order chi connectivity index (χ0) is 11.9. The van der Waals surface area contributed by atoms with E-state index in [4.69, 9.17) is 4.74 Å². The fraction of sp³-hybridized carbons (Fsp3) is 0.455. The molecule has 17 heavy (non-hydrogen) atoms. The summed E-state index contributed by atoms with van der Waals surface area (Å²) in [6.45, 7) is 2.81. The maximum atomic E-state index is 5.56. The molecule has 0 amide bonds. The molecule has 2 rings (SSSR count). The molecule has 6 heteroatoms. The number of thiophene rings is 1. The Morgan fingerprint density at radius 3 is 3.24 bits per heavy atom. The first-order valence-electron chi connectivity index (χ1n) is 5.52. The minimum atomic E-state index is 0.653. The van der Waals surface area contributed by atoms with Crippen LogP contribution in [0.25, 0.3) is 0 Å². The van der Waals surface area contributed by atoms with E-state index in [1.54, 1.807) is 16.0 Å². The van der Waals surface area contributed by atoms with Crippen LogP contribution in [0.2, 0.25) is 0 Å². The smallest absolute Gasteiger partial charge is 0.0964 e. The number of aromatic nitrogens is 3. The first-order valence-corrected chi connectivity index (χ1v) is 6.40. The Balaban J connectivity index is 1.67. The maximum Gasteiger partial charge on any atom is 0.0964 e. The third kappa shape index (κ3) is 3.92. The van der Waals surface area contributed by atoms with E-state index in [9.17, 15) is 0 Å². The molecule has 0 saturated heterocycles. The van der Waals surface area contributed by atoms with Crippen molar-refractivity contribution >= 4 is 11.3 Å². The standard InChI is InChI=1S/C11H16N4OS/c1-12-7-10-8-15(14-13-10)4-5-16-9-11-3-2-6-17-11/h2-3,6,8,12H,4-5,7,9H2,1H3. The van der Waals surface area contributed by atoms with E-state index in [0.29, 0.717) is 13.2 Å². The van der Waals surface area contributed by atoms with Crippen LogP contribution < -0.4 is 5.32 Å². The molecular weight excluding hydrogens is 236 g/mol. The molecule has 0 aliphatic carbocycles. The highest BCUT2D eigenvalue weighted by molar-refractivity contribution is 7.09. The Labute approximate surface area is 104 Å². The fourth-order valence-electron chi connectivity index (χ4n) is 1.44. The molecule has 0 saturated carbocycles. The van der Waals surface area contributed by atoms with Gasteiger partial charge in [0.2, 0.25) is 0 Å². The van der Waals surface area contributed by atoms with Gasteiger partial charge >= 0.3 is 0 Å². The minimum Gasteiger partial charge on any atom is -0.374 e. The summed E-state index contributed by atoms with van der Waals surface area (Å²) in [5, 5.41) is 13.1. The molecule has 0 aliphatic rings. The van der Waals surface area contributed by atoms with Crippen molar-refractivity contribution in [1.29, 1.82) is 0 Å². The lowest BCUT2D eigenvalue weighted by atomic mass is 10.5. The Hall–Kier alpha value is -1.24. The maximum absolute atomic E-state index is 5.56. The first kappa shape index (κ1) is 12.2. The minimum absolute atomic E-state index is 0.653. The number of hydrogen-bond acceptors (Lipinski definition) is 5. The van der Waals surface area contributed by atoms with Gasteiger partial charge in [0.15, 0.2) is 0 Å². The topological polar surface area (TPSA) is 52.0 Å². The van der Waals surface area contributed by atoms with Crippen LogP contribution in [0.5, 0.6) is 0 Å². The Morgan fingerprint density at radius 1 is 1.53 bits per heavy atom. The van der Waals surface area contributed by atoms with Gasteiger partial charge in [-0.05, 0) is 18.5 Å². The molecule has 0 fully saturated rings. The molecule has 0 aromatic carbocycles. The first-order chi connectivity index (χ1) is 8.38. The lowest BCUT2D eigenvalue weighted by Crippen LogP contribution is -2.06. The average molecular weight is 252 g/mol. The van der Waals surface area contributed by atoms with Crippen molar-refractivity contribution in [2.24, 2.45) is 0 Å². The normalized spacial score (nSPS) is 10.9. The van der Waals surface area contributed by atoms with Gasteiger partial charge in [-0.1, -0.05) is 11.3 Å². The SMILES string of the molecule is CNCc1cn(CCOCc2cccs2)nn1. The van der Waals surface area contributed by atoms with Crippen LogP contribution in [0.15, 0.2) is 23.7 Å². The van der Waals surface area contributed by atoms with E-state index in [1.165, 1.54) is 4.88 Å². The zero-order valence-corrected chi connectivity index (χ0v) is 10.6. The van der Waals surface area contributed by atoms with Gasteiger partial charge in [0.1, 0.15) is 0 Å². The van der Waals surface area contributed by atoms with E-state index in [-0.39, 0.29) is 0 Å². The molecule has 2 heterocycles. The summed E-state index contributed by atoms with van der Waals surface area (Å²) in [6.07, 6.45) is 1.94. The fourth-order valence-corrected chi connectivity index (χ4v) is 2.08. The summed E-state index contributed by atoms with van der Waals surface area (Å²) in [5.41, 5.74) is 0.950. The number of nitrogens with one attached hydrogen (secondary N) is 1. The van der Waals surface area contributed by atoms with Crippen LogP contribution >= 0.6 is 11.3 Å². The Bertz CT molecular complexity index is 426. The summed E-state index contributed by atoms with van der Waals surface area (Å²) >= 11 is 1.71. The highest BCUT2D eigenvalue weighted by Gasteiger charge is 1.99. The number of rotatable bonds is 7. The quantitative estimate of drug-likeness (QED) is 0.754. The summed E-state index contributed by atoms with van der Waals surface area (Å²) in [4.78, 5) is 1.25. The van der Waals surface area contributed by atoms with Crippen molar-refractivity contribution in [3.8, 4) is 0 Å². The predicted molar refractivity (Wildman–Crippen MR) is 66.8 cm³/mol. The molecule has 1 N–H and O–H groups in total. The average Bonchev–Trinajstić information content (AvgIpc) is 2.96. The van der Waals surface area contributed by atoms with Gasteiger partial charge in [-0.2, -0.15) is 0 Å². The molecule has 92 valence electrons. The Morgan fingerprint density at radius 2 is 2.47 bits per heavy atom. The summed E-state index contributed by atoms with van der Waals surface area (Å²) in [6, 6.07) is 4.11. The van der Waals surface area contributed by atoms with Gasteiger partial charge in [0.05, 0.1) is 25.5 Å². The van der Waals surface area contributed by atoms with Crippen LogP contribution in [0.1, 0.15) is 10.6 Å². The van der Waals surface area contributed by atoms with Crippen LogP contribution in [-0.4, -0.2) is 28.6 Å². The van der Waals surface area contributed by atoms with Crippen molar-refractivity contribution in [3.63, 3.8) is 0 Å². The highest BCUT2D eigenvalue weighted by atomic mass is 32.1. The number of ether oxygens (including phenoxy) is 1. The van der Waals surface area contributed by atoms with Crippen molar-refractivity contribution in [1.82, 2.24) is 20.3 Å². The van der Waals surface area contributed by atoms with Crippen LogP contribution in [0.3, 0.4) is 0 Å². The molecule has 0 atom stereocenters. The zero-order valence-electron chi connectivity index (χ0n) is 9.80. The molecule has 0 radical (unpaired) electrons. The summed E-state index contributed by atoms with van der Waals surface area (Å²) in [5.74, 6) is 0. The van der Waals surface area contributed by atoms with Gasteiger partial charge in [0, 0.05) is 17.6 Å². The molecule has 5 nitrogen and oxygen atoms in total. The van der Waals surface area contributed by atoms with Gasteiger partial charge in [-0.3, -0.25) is 0 Å². The van der Waals surface area contributed by atoms with Gasteiger partial charge in [-0.15, -0.1) is 16.4 Å². The molecule has 0 unspecified atom stereocenters. The van der Waals surface area contributed by atoms with E-state index in [2.05, 4.69) is 27.1 Å². The lowest BCUT2D eigenvalue weighted by molar-refractivity contribution is 0.112. The second kappa shape index (κ2) is 6.48. The van der Waals surface area contributed by atoms with E-state index >= 15 is 0 Å². The van der Waals surface area contributed by atoms with Gasteiger partial charge in [0.25, 0.3) is 0 Å². The van der Waals surface area contributed by atoms with E-state index in [1.807, 2.05) is 19.3 Å². The van der Waals surface area contributed by atoms with Crippen molar-refractivity contribution in [2.75, 3.05) is 13.7 Å². The van der Waals surface area contributed by atoms with Gasteiger partial charge in [-0.25, -0.2) is 4.68 Å². The Kier molecular flexibility index (Phi) is 4.66. The van der Waals surface area contributed by atoms with E-state index < -0.39 is 0 Å². The van der Waals surface area contributed by atoms with Crippen molar-refractivity contribution in [3.05, 3.63) is 34.3 Å². The van der Waals surface area contributed by atoms with E-state index in [0.717, 1.165) is 18.8 Å². The number of hydrogen-bond donors (Lipinski definition) is 1.